The number of thioether (sulfide) groups is 1. The average molecular weight is 465 g/mol. The van der Waals surface area contributed by atoms with Gasteiger partial charge >= 0.3 is 0 Å². The Morgan fingerprint density at radius 1 is 0.788 bits per heavy atom. The average Bonchev–Trinajstić information content (AvgIpc) is 2.88. The van der Waals surface area contributed by atoms with Gasteiger partial charge in [0.1, 0.15) is 12.4 Å². The third kappa shape index (κ3) is 9.60. The summed E-state index contributed by atoms with van der Waals surface area (Å²) in [5, 5.41) is 17.1. The van der Waals surface area contributed by atoms with Gasteiger partial charge in [-0.3, -0.25) is 0 Å². The molecule has 3 aromatic rings. The van der Waals surface area contributed by atoms with E-state index in [-0.39, 0.29) is 12.6 Å². The van der Waals surface area contributed by atoms with E-state index in [1.165, 1.54) is 16.7 Å². The smallest absolute Gasteiger partial charge is 0.119 e. The molecule has 0 amide bonds. The van der Waals surface area contributed by atoms with Crippen LogP contribution in [-0.4, -0.2) is 42.4 Å². The molecule has 0 spiro atoms. The monoisotopic (exact) mass is 464 g/mol. The lowest BCUT2D eigenvalue weighted by Crippen LogP contribution is -2.44. The fourth-order valence-corrected chi connectivity index (χ4v) is 4.17. The molecule has 0 radical (unpaired) electrons. The summed E-state index contributed by atoms with van der Waals surface area (Å²) in [5.41, 5.74) is 3.65. The number of aliphatic hydroxyl groups is 1. The number of nitrogens with one attached hydrogen (secondary N) is 2. The first-order valence-corrected chi connectivity index (χ1v) is 13.0. The van der Waals surface area contributed by atoms with Crippen molar-refractivity contribution >= 4 is 11.8 Å². The maximum atomic E-state index is 9.83. The zero-order chi connectivity index (χ0) is 23.1. The minimum absolute atomic E-state index is 0.0621. The molecular weight excluding hydrogens is 428 g/mol. The highest BCUT2D eigenvalue weighted by Crippen LogP contribution is 2.15. The molecule has 4 nitrogen and oxygen atoms in total. The number of hydrogen-bond acceptors (Lipinski definition) is 5. The van der Waals surface area contributed by atoms with Gasteiger partial charge in [-0.15, -0.1) is 0 Å². The normalized spacial score (nSPS) is 12.9. The Morgan fingerprint density at radius 3 is 2.09 bits per heavy atom. The quantitative estimate of drug-likeness (QED) is 0.305. The highest BCUT2D eigenvalue weighted by molar-refractivity contribution is 7.98. The molecule has 3 rings (SSSR count). The Labute approximate surface area is 202 Å². The summed E-state index contributed by atoms with van der Waals surface area (Å²) in [6.45, 7) is 2.35. The summed E-state index contributed by atoms with van der Waals surface area (Å²) < 4.78 is 5.89. The Balaban J connectivity index is 1.46. The molecule has 5 heteroatoms. The van der Waals surface area contributed by atoms with Crippen LogP contribution in [0, 0.1) is 0 Å². The molecule has 176 valence electrons. The predicted molar refractivity (Wildman–Crippen MR) is 140 cm³/mol. The van der Waals surface area contributed by atoms with E-state index in [2.05, 4.69) is 53.3 Å². The maximum Gasteiger partial charge on any atom is 0.119 e. The second-order valence-electron chi connectivity index (χ2n) is 8.25. The number of rotatable bonds is 15. The SMILES string of the molecule is CSCCC(CNC(CO)Cc1ccccc1)NCc1ccc(OCc2ccccc2)cc1. The highest BCUT2D eigenvalue weighted by atomic mass is 32.2. The van der Waals surface area contributed by atoms with E-state index in [4.69, 9.17) is 4.74 Å². The molecule has 0 aliphatic rings. The molecular formula is C28H36N2O2S. The van der Waals surface area contributed by atoms with E-state index in [9.17, 15) is 5.11 Å². The van der Waals surface area contributed by atoms with Gasteiger partial charge in [0.15, 0.2) is 0 Å². The second kappa shape index (κ2) is 14.8. The van der Waals surface area contributed by atoms with Crippen molar-refractivity contribution < 1.29 is 9.84 Å². The summed E-state index contributed by atoms with van der Waals surface area (Å²) in [6, 6.07) is 29.3. The summed E-state index contributed by atoms with van der Waals surface area (Å²) in [6.07, 6.45) is 4.05. The summed E-state index contributed by atoms with van der Waals surface area (Å²) >= 11 is 1.87. The lowest BCUT2D eigenvalue weighted by molar-refractivity contribution is 0.237. The standard InChI is InChI=1S/C28H36N2O2S/c1-33-17-16-26(20-30-27(21-31)18-23-8-4-2-5-9-23)29-19-24-12-14-28(15-13-24)32-22-25-10-6-3-7-11-25/h2-15,26-27,29-31H,16-22H2,1H3. The van der Waals surface area contributed by atoms with Gasteiger partial charge in [0.25, 0.3) is 0 Å². The molecule has 0 fully saturated rings. The zero-order valence-electron chi connectivity index (χ0n) is 19.5. The van der Waals surface area contributed by atoms with Crippen LogP contribution in [0.5, 0.6) is 5.75 Å². The van der Waals surface area contributed by atoms with Gasteiger partial charge in [0, 0.05) is 25.2 Å². The molecule has 2 unspecified atom stereocenters. The number of ether oxygens (including phenoxy) is 1. The first-order chi connectivity index (χ1) is 16.3. The van der Waals surface area contributed by atoms with Crippen LogP contribution in [0.15, 0.2) is 84.9 Å². The first kappa shape index (κ1) is 25.3. The van der Waals surface area contributed by atoms with Crippen LogP contribution in [0.1, 0.15) is 23.1 Å². The van der Waals surface area contributed by atoms with Crippen molar-refractivity contribution in [2.45, 2.75) is 38.1 Å². The van der Waals surface area contributed by atoms with Crippen molar-refractivity contribution in [2.75, 3.05) is 25.2 Å². The molecule has 3 N–H and O–H groups in total. The summed E-state index contributed by atoms with van der Waals surface area (Å²) in [4.78, 5) is 0. The predicted octanol–water partition coefficient (Wildman–Crippen LogP) is 4.67. The van der Waals surface area contributed by atoms with Crippen molar-refractivity contribution in [1.82, 2.24) is 10.6 Å². The molecule has 0 saturated carbocycles. The van der Waals surface area contributed by atoms with Crippen molar-refractivity contribution in [3.8, 4) is 5.75 Å². The Bertz CT molecular complexity index is 891. The van der Waals surface area contributed by atoms with Gasteiger partial charge in [-0.25, -0.2) is 0 Å². The largest absolute Gasteiger partial charge is 0.489 e. The van der Waals surface area contributed by atoms with E-state index in [0.717, 1.165) is 37.4 Å². The topological polar surface area (TPSA) is 53.5 Å². The number of hydrogen-bond donors (Lipinski definition) is 3. The van der Waals surface area contributed by atoms with Crippen LogP contribution in [-0.2, 0) is 19.6 Å². The lowest BCUT2D eigenvalue weighted by atomic mass is 10.1. The summed E-state index contributed by atoms with van der Waals surface area (Å²) in [7, 11) is 0. The van der Waals surface area contributed by atoms with E-state index in [1.807, 2.05) is 60.3 Å². The van der Waals surface area contributed by atoms with E-state index < -0.39 is 0 Å². The van der Waals surface area contributed by atoms with E-state index in [0.29, 0.717) is 12.6 Å². The number of benzene rings is 3. The van der Waals surface area contributed by atoms with Gasteiger partial charge < -0.3 is 20.5 Å². The molecule has 2 atom stereocenters. The van der Waals surface area contributed by atoms with Crippen LogP contribution in [0.3, 0.4) is 0 Å². The van der Waals surface area contributed by atoms with Gasteiger partial charge in [0.2, 0.25) is 0 Å². The maximum absolute atomic E-state index is 9.83. The van der Waals surface area contributed by atoms with Crippen molar-refractivity contribution in [2.24, 2.45) is 0 Å². The van der Waals surface area contributed by atoms with Gasteiger partial charge in [0.05, 0.1) is 6.61 Å². The van der Waals surface area contributed by atoms with Crippen molar-refractivity contribution in [1.29, 1.82) is 0 Å². The third-order valence-electron chi connectivity index (χ3n) is 5.64. The van der Waals surface area contributed by atoms with Gasteiger partial charge in [-0.1, -0.05) is 72.8 Å². The fourth-order valence-electron chi connectivity index (χ4n) is 3.65. The van der Waals surface area contributed by atoms with E-state index >= 15 is 0 Å². The van der Waals surface area contributed by atoms with Crippen molar-refractivity contribution in [3.63, 3.8) is 0 Å². The molecule has 0 heterocycles. The first-order valence-electron chi connectivity index (χ1n) is 11.6. The second-order valence-corrected chi connectivity index (χ2v) is 9.24. The molecule has 0 aromatic heterocycles. The minimum atomic E-state index is 0.0621. The Hall–Kier alpha value is -2.31. The molecule has 33 heavy (non-hydrogen) atoms. The lowest BCUT2D eigenvalue weighted by Gasteiger charge is -2.23. The summed E-state index contributed by atoms with van der Waals surface area (Å²) in [5.74, 6) is 1.99. The van der Waals surface area contributed by atoms with Crippen LogP contribution >= 0.6 is 11.8 Å². The Morgan fingerprint density at radius 2 is 1.45 bits per heavy atom. The molecule has 3 aromatic carbocycles. The van der Waals surface area contributed by atoms with E-state index in [1.54, 1.807) is 0 Å². The molecule has 0 aliphatic carbocycles. The van der Waals surface area contributed by atoms with Crippen LogP contribution in [0.2, 0.25) is 0 Å². The fraction of sp³-hybridized carbons (Fsp3) is 0.357. The number of aliphatic hydroxyl groups excluding tert-OH is 1. The van der Waals surface area contributed by atoms with Crippen LogP contribution in [0.4, 0.5) is 0 Å². The molecule has 0 saturated heterocycles. The zero-order valence-corrected chi connectivity index (χ0v) is 20.3. The van der Waals surface area contributed by atoms with Crippen LogP contribution < -0.4 is 15.4 Å². The van der Waals surface area contributed by atoms with Crippen LogP contribution in [0.25, 0.3) is 0 Å². The van der Waals surface area contributed by atoms with Crippen molar-refractivity contribution in [3.05, 3.63) is 102 Å². The highest BCUT2D eigenvalue weighted by Gasteiger charge is 2.13. The van der Waals surface area contributed by atoms with Gasteiger partial charge in [-0.2, -0.15) is 11.8 Å². The Kier molecular flexibility index (Phi) is 11.3. The molecule has 0 bridgehead atoms. The molecule has 0 aliphatic heterocycles. The minimum Gasteiger partial charge on any atom is -0.489 e. The van der Waals surface area contributed by atoms with Gasteiger partial charge in [-0.05, 0) is 53.7 Å². The third-order valence-corrected chi connectivity index (χ3v) is 6.28.